The number of furan rings is 1. The van der Waals surface area contributed by atoms with Gasteiger partial charge in [-0.3, -0.25) is 9.59 Å². The van der Waals surface area contributed by atoms with Crippen LogP contribution in [0.1, 0.15) is 27.6 Å². The van der Waals surface area contributed by atoms with E-state index in [9.17, 15) is 14.0 Å². The molecule has 1 fully saturated rings. The molecule has 1 saturated heterocycles. The summed E-state index contributed by atoms with van der Waals surface area (Å²) in [5.74, 6) is 2.25. The highest BCUT2D eigenvalue weighted by Crippen LogP contribution is 2.40. The van der Waals surface area contributed by atoms with Gasteiger partial charge in [0.05, 0.1) is 11.6 Å². The average molecular weight is 525 g/mol. The Bertz CT molecular complexity index is 1590. The third kappa shape index (κ3) is 5.09. The molecule has 39 heavy (non-hydrogen) atoms. The van der Waals surface area contributed by atoms with Gasteiger partial charge in [0.25, 0.3) is 11.8 Å². The number of hydrogen-bond donors (Lipinski definition) is 3. The Balaban J connectivity index is 1.63. The molecule has 1 unspecified atom stereocenters. The van der Waals surface area contributed by atoms with Crippen molar-refractivity contribution in [2.45, 2.75) is 13.0 Å². The van der Waals surface area contributed by atoms with Gasteiger partial charge >= 0.3 is 0 Å². The quantitative estimate of drug-likeness (QED) is 0.317. The summed E-state index contributed by atoms with van der Waals surface area (Å²) in [6.45, 7) is 4.31. The number of rotatable bonds is 6. The summed E-state index contributed by atoms with van der Waals surface area (Å²) >= 11 is 0. The lowest BCUT2D eigenvalue weighted by Crippen LogP contribution is -2.52. The molecular weight excluding hydrogens is 495 g/mol. The maximum atomic E-state index is 13.6. The number of amides is 2. The smallest absolute Gasteiger partial charge is 0.255 e. The minimum absolute atomic E-state index is 0.0855. The highest BCUT2D eigenvalue weighted by molar-refractivity contribution is 6.13. The van der Waals surface area contributed by atoms with Crippen LogP contribution in [0.5, 0.6) is 0 Å². The van der Waals surface area contributed by atoms with E-state index in [0.717, 1.165) is 16.8 Å². The van der Waals surface area contributed by atoms with E-state index < -0.39 is 0 Å². The fourth-order valence-corrected chi connectivity index (χ4v) is 4.92. The fourth-order valence-electron chi connectivity index (χ4n) is 4.92. The molecule has 0 radical (unpaired) electrons. The highest BCUT2D eigenvalue weighted by Gasteiger charge is 2.25. The number of anilines is 1. The van der Waals surface area contributed by atoms with E-state index in [2.05, 4.69) is 21.9 Å². The minimum Gasteiger partial charge on any atom is -0.455 e. The molecule has 0 saturated carbocycles. The fraction of sp³-hybridized carbons (Fsp3) is 0.226. The largest absolute Gasteiger partial charge is 0.455 e. The van der Waals surface area contributed by atoms with Gasteiger partial charge in [0.2, 0.25) is 0 Å². The van der Waals surface area contributed by atoms with Gasteiger partial charge in [0.15, 0.2) is 0 Å². The zero-order valence-electron chi connectivity index (χ0n) is 21.8. The van der Waals surface area contributed by atoms with Crippen molar-refractivity contribution in [2.24, 2.45) is 0 Å². The average Bonchev–Trinajstić information content (AvgIpc) is 3.35. The van der Waals surface area contributed by atoms with E-state index in [4.69, 9.17) is 10.8 Å². The number of nitrogens with zero attached hydrogens (tertiary/aromatic N) is 1. The van der Waals surface area contributed by atoms with Crippen LogP contribution in [0.2, 0.25) is 0 Å². The molecule has 7 nitrogen and oxygen atoms in total. The van der Waals surface area contributed by atoms with Crippen molar-refractivity contribution in [3.05, 3.63) is 77.6 Å². The SMILES string of the molecule is C#CC1CN(C(=O)c2cccc(-c3cc4c(C(=O)NC)c(-c5ccc(F)cc5)oc4cc3NCC)c2)CCN1. The summed E-state index contributed by atoms with van der Waals surface area (Å²) in [5.41, 5.74) is 4.45. The van der Waals surface area contributed by atoms with Crippen LogP contribution in [-0.2, 0) is 0 Å². The van der Waals surface area contributed by atoms with Crippen molar-refractivity contribution in [3.63, 3.8) is 0 Å². The van der Waals surface area contributed by atoms with E-state index in [1.54, 1.807) is 30.1 Å². The number of carbonyl (C=O) groups is 2. The van der Waals surface area contributed by atoms with E-state index in [0.29, 0.717) is 59.6 Å². The second kappa shape index (κ2) is 11.0. The number of hydrogen-bond acceptors (Lipinski definition) is 5. The van der Waals surface area contributed by atoms with Gasteiger partial charge in [0, 0.05) is 67.1 Å². The summed E-state index contributed by atoms with van der Waals surface area (Å²) in [4.78, 5) is 28.2. The molecule has 2 heterocycles. The van der Waals surface area contributed by atoms with E-state index in [-0.39, 0.29) is 23.7 Å². The van der Waals surface area contributed by atoms with Gasteiger partial charge in [-0.25, -0.2) is 4.39 Å². The molecule has 1 aliphatic heterocycles. The highest BCUT2D eigenvalue weighted by atomic mass is 19.1. The third-order valence-corrected chi connectivity index (χ3v) is 6.84. The second-order valence-electron chi connectivity index (χ2n) is 9.32. The lowest BCUT2D eigenvalue weighted by Gasteiger charge is -2.31. The zero-order valence-corrected chi connectivity index (χ0v) is 21.8. The molecule has 3 aromatic carbocycles. The normalized spacial score (nSPS) is 15.1. The number of nitrogens with one attached hydrogen (secondary N) is 3. The minimum atomic E-state index is -0.377. The molecular formula is C31H29FN4O3. The Morgan fingerprint density at radius 2 is 1.95 bits per heavy atom. The molecule has 0 bridgehead atoms. The van der Waals surface area contributed by atoms with Crippen molar-refractivity contribution in [1.29, 1.82) is 0 Å². The second-order valence-corrected chi connectivity index (χ2v) is 9.32. The van der Waals surface area contributed by atoms with Crippen LogP contribution in [0, 0.1) is 18.2 Å². The number of carbonyl (C=O) groups excluding carboxylic acids is 2. The van der Waals surface area contributed by atoms with Gasteiger partial charge in [-0.2, -0.15) is 0 Å². The molecule has 0 aliphatic carbocycles. The van der Waals surface area contributed by atoms with Gasteiger partial charge in [-0.05, 0) is 55.0 Å². The first-order chi connectivity index (χ1) is 18.9. The standard InChI is InChI=1S/C31H29FN4O3/c1-4-23-18-36(14-13-35-23)31(38)21-8-6-7-20(15-21)24-16-25-27(17-26(24)34-5-2)39-29(28(25)30(37)33-3)19-9-11-22(32)12-10-19/h1,6-12,15-17,23,34-35H,5,13-14,18H2,2-3H3,(H,33,37). The van der Waals surface area contributed by atoms with Crippen molar-refractivity contribution >= 4 is 28.5 Å². The number of fused-ring (bicyclic) bond motifs is 1. The van der Waals surface area contributed by atoms with Crippen molar-refractivity contribution in [1.82, 2.24) is 15.5 Å². The van der Waals surface area contributed by atoms with Crippen LogP contribution in [0.25, 0.3) is 33.4 Å². The number of halogens is 1. The molecule has 8 heteroatoms. The molecule has 2 amide bonds. The lowest BCUT2D eigenvalue weighted by atomic mass is 9.97. The molecule has 5 rings (SSSR count). The van der Waals surface area contributed by atoms with Crippen molar-refractivity contribution in [3.8, 4) is 34.8 Å². The molecule has 4 aromatic rings. The first-order valence-corrected chi connectivity index (χ1v) is 12.8. The van der Waals surface area contributed by atoms with Crippen LogP contribution in [0.15, 0.2) is 65.1 Å². The Morgan fingerprint density at radius 3 is 2.67 bits per heavy atom. The van der Waals surface area contributed by atoms with E-state index in [1.807, 2.05) is 37.3 Å². The number of benzene rings is 3. The summed E-state index contributed by atoms with van der Waals surface area (Å²) in [6, 6.07) is 16.9. The maximum absolute atomic E-state index is 13.6. The Morgan fingerprint density at radius 1 is 1.15 bits per heavy atom. The van der Waals surface area contributed by atoms with Gasteiger partial charge in [0.1, 0.15) is 17.2 Å². The topological polar surface area (TPSA) is 86.6 Å². The van der Waals surface area contributed by atoms with Crippen molar-refractivity contribution < 1.29 is 18.4 Å². The first kappa shape index (κ1) is 26.0. The predicted molar refractivity (Wildman–Crippen MR) is 151 cm³/mol. The summed E-state index contributed by atoms with van der Waals surface area (Å²) in [5, 5.41) is 9.90. The Hall–Kier alpha value is -4.61. The van der Waals surface area contributed by atoms with Crippen LogP contribution < -0.4 is 16.0 Å². The van der Waals surface area contributed by atoms with Crippen molar-refractivity contribution in [2.75, 3.05) is 38.5 Å². The molecule has 1 aromatic heterocycles. The number of piperazine rings is 1. The van der Waals surface area contributed by atoms with Gasteiger partial charge in [-0.15, -0.1) is 6.42 Å². The monoisotopic (exact) mass is 524 g/mol. The van der Waals surface area contributed by atoms with Crippen LogP contribution in [0.3, 0.4) is 0 Å². The Kier molecular flexibility index (Phi) is 7.35. The molecule has 3 N–H and O–H groups in total. The lowest BCUT2D eigenvalue weighted by molar-refractivity contribution is 0.0720. The van der Waals surface area contributed by atoms with E-state index >= 15 is 0 Å². The summed E-state index contributed by atoms with van der Waals surface area (Å²) < 4.78 is 19.8. The van der Waals surface area contributed by atoms with E-state index in [1.165, 1.54) is 12.1 Å². The van der Waals surface area contributed by atoms with Crippen LogP contribution in [-0.4, -0.2) is 56.0 Å². The third-order valence-electron chi connectivity index (χ3n) is 6.84. The summed E-state index contributed by atoms with van der Waals surface area (Å²) in [6.07, 6.45) is 5.57. The summed E-state index contributed by atoms with van der Waals surface area (Å²) in [7, 11) is 1.56. The predicted octanol–water partition coefficient (Wildman–Crippen LogP) is 4.74. The van der Waals surface area contributed by atoms with Crippen LogP contribution >= 0.6 is 0 Å². The molecule has 198 valence electrons. The number of terminal acetylenes is 1. The first-order valence-electron chi connectivity index (χ1n) is 12.8. The maximum Gasteiger partial charge on any atom is 0.255 e. The Labute approximate surface area is 226 Å². The van der Waals surface area contributed by atoms with Crippen LogP contribution in [0.4, 0.5) is 10.1 Å². The van der Waals surface area contributed by atoms with Gasteiger partial charge < -0.3 is 25.3 Å². The molecule has 1 aliphatic rings. The molecule has 0 spiro atoms. The van der Waals surface area contributed by atoms with Gasteiger partial charge in [-0.1, -0.05) is 18.1 Å². The molecule has 1 atom stereocenters. The zero-order chi connectivity index (χ0) is 27.5.